The van der Waals surface area contributed by atoms with Crippen LogP contribution in [-0.4, -0.2) is 11.9 Å². The maximum atomic E-state index is 5.95. The van der Waals surface area contributed by atoms with E-state index < -0.39 is 0 Å². The fourth-order valence-electron chi connectivity index (χ4n) is 1.98. The summed E-state index contributed by atoms with van der Waals surface area (Å²) >= 11 is 3.46. The molecule has 0 atom stereocenters. The van der Waals surface area contributed by atoms with E-state index in [1.165, 1.54) is 30.4 Å². The minimum atomic E-state index is 0.522. The minimum Gasteiger partial charge on any atom is -0.493 e. The van der Waals surface area contributed by atoms with Gasteiger partial charge in [-0.1, -0.05) is 54.8 Å². The van der Waals surface area contributed by atoms with Crippen molar-refractivity contribution in [1.29, 1.82) is 0 Å². The zero-order valence-electron chi connectivity index (χ0n) is 11.8. The van der Waals surface area contributed by atoms with E-state index in [1.807, 2.05) is 0 Å². The van der Waals surface area contributed by atoms with E-state index in [1.54, 1.807) is 0 Å². The second-order valence-corrected chi connectivity index (χ2v) is 5.94. The lowest BCUT2D eigenvalue weighted by molar-refractivity contribution is 0.301. The summed E-state index contributed by atoms with van der Waals surface area (Å²) < 4.78 is 5.95. The number of rotatable bonds is 8. The van der Waals surface area contributed by atoms with E-state index in [9.17, 15) is 0 Å². The standard InChI is InChI=1S/C16H25BrO/c1-13(2)15-9-8-14(3)12-16(15)18-11-7-5-4-6-10-17/h8-9,12-13H,4-7,10-11H2,1-3H3. The number of aryl methyl sites for hydroxylation is 1. The van der Waals surface area contributed by atoms with Crippen LogP contribution in [0.15, 0.2) is 18.2 Å². The predicted octanol–water partition coefficient (Wildman–Crippen LogP) is 5.45. The second kappa shape index (κ2) is 8.58. The van der Waals surface area contributed by atoms with E-state index in [2.05, 4.69) is 54.9 Å². The number of alkyl halides is 1. The van der Waals surface area contributed by atoms with Gasteiger partial charge >= 0.3 is 0 Å². The van der Waals surface area contributed by atoms with E-state index in [-0.39, 0.29) is 0 Å². The monoisotopic (exact) mass is 312 g/mol. The van der Waals surface area contributed by atoms with Crippen LogP contribution in [0, 0.1) is 6.92 Å². The highest BCUT2D eigenvalue weighted by atomic mass is 79.9. The molecular formula is C16H25BrO. The van der Waals surface area contributed by atoms with E-state index in [0.29, 0.717) is 5.92 Å². The molecule has 18 heavy (non-hydrogen) atoms. The Labute approximate surface area is 120 Å². The lowest BCUT2D eigenvalue weighted by Gasteiger charge is -2.14. The van der Waals surface area contributed by atoms with Crippen LogP contribution in [0.4, 0.5) is 0 Å². The second-order valence-electron chi connectivity index (χ2n) is 5.15. The van der Waals surface area contributed by atoms with Gasteiger partial charge < -0.3 is 4.74 Å². The molecular weight excluding hydrogens is 288 g/mol. The van der Waals surface area contributed by atoms with E-state index in [4.69, 9.17) is 4.74 Å². The molecule has 1 aromatic rings. The molecule has 2 heteroatoms. The van der Waals surface area contributed by atoms with Crippen LogP contribution in [0.2, 0.25) is 0 Å². The third-order valence-electron chi connectivity index (χ3n) is 3.08. The van der Waals surface area contributed by atoms with Gasteiger partial charge in [-0.3, -0.25) is 0 Å². The van der Waals surface area contributed by atoms with Gasteiger partial charge in [0.25, 0.3) is 0 Å². The van der Waals surface area contributed by atoms with Crippen molar-refractivity contribution in [2.75, 3.05) is 11.9 Å². The number of hydrogen-bond acceptors (Lipinski definition) is 1. The summed E-state index contributed by atoms with van der Waals surface area (Å²) in [5, 5.41) is 1.11. The molecule has 0 saturated heterocycles. The predicted molar refractivity (Wildman–Crippen MR) is 83.0 cm³/mol. The number of ether oxygens (including phenoxy) is 1. The van der Waals surface area contributed by atoms with Crippen LogP contribution < -0.4 is 4.74 Å². The first kappa shape index (κ1) is 15.6. The van der Waals surface area contributed by atoms with Gasteiger partial charge in [-0.05, 0) is 42.9 Å². The minimum absolute atomic E-state index is 0.522. The highest BCUT2D eigenvalue weighted by Crippen LogP contribution is 2.27. The Balaban J connectivity index is 2.43. The Bertz CT molecular complexity index is 347. The van der Waals surface area contributed by atoms with Crippen LogP contribution in [0.5, 0.6) is 5.75 Å². The summed E-state index contributed by atoms with van der Waals surface area (Å²) in [6, 6.07) is 6.52. The maximum Gasteiger partial charge on any atom is 0.122 e. The quantitative estimate of drug-likeness (QED) is 0.458. The Hall–Kier alpha value is -0.500. The van der Waals surface area contributed by atoms with Crippen LogP contribution in [-0.2, 0) is 0 Å². The number of halogens is 1. The molecule has 0 unspecified atom stereocenters. The molecule has 0 spiro atoms. The van der Waals surface area contributed by atoms with Crippen molar-refractivity contribution in [3.05, 3.63) is 29.3 Å². The fourth-order valence-corrected chi connectivity index (χ4v) is 2.37. The molecule has 1 rings (SSSR count). The first-order valence-corrected chi connectivity index (χ1v) is 8.06. The van der Waals surface area contributed by atoms with Gasteiger partial charge in [0.15, 0.2) is 0 Å². The van der Waals surface area contributed by atoms with Gasteiger partial charge in [0.2, 0.25) is 0 Å². The van der Waals surface area contributed by atoms with Gasteiger partial charge in [0.1, 0.15) is 5.75 Å². The van der Waals surface area contributed by atoms with Gasteiger partial charge in [-0.15, -0.1) is 0 Å². The van der Waals surface area contributed by atoms with Crippen LogP contribution in [0.3, 0.4) is 0 Å². The maximum absolute atomic E-state index is 5.95. The highest BCUT2D eigenvalue weighted by molar-refractivity contribution is 9.09. The Morgan fingerprint density at radius 2 is 1.83 bits per heavy atom. The molecule has 0 radical (unpaired) electrons. The molecule has 0 aliphatic carbocycles. The first-order valence-electron chi connectivity index (χ1n) is 6.94. The van der Waals surface area contributed by atoms with Gasteiger partial charge in [0.05, 0.1) is 6.61 Å². The summed E-state index contributed by atoms with van der Waals surface area (Å²) in [5.74, 6) is 1.60. The summed E-state index contributed by atoms with van der Waals surface area (Å²) in [7, 11) is 0. The third-order valence-corrected chi connectivity index (χ3v) is 3.64. The Kier molecular flexibility index (Phi) is 7.41. The summed E-state index contributed by atoms with van der Waals surface area (Å²) in [6.45, 7) is 7.39. The lowest BCUT2D eigenvalue weighted by atomic mass is 10.0. The zero-order valence-corrected chi connectivity index (χ0v) is 13.4. The van der Waals surface area contributed by atoms with Crippen LogP contribution in [0.25, 0.3) is 0 Å². The molecule has 0 saturated carbocycles. The Morgan fingerprint density at radius 1 is 1.11 bits per heavy atom. The molecule has 0 bridgehead atoms. The molecule has 1 aromatic carbocycles. The SMILES string of the molecule is Cc1ccc(C(C)C)c(OCCCCCCBr)c1. The van der Waals surface area contributed by atoms with Crippen molar-refractivity contribution < 1.29 is 4.74 Å². The topological polar surface area (TPSA) is 9.23 Å². The lowest BCUT2D eigenvalue weighted by Crippen LogP contribution is -2.02. The van der Waals surface area contributed by atoms with Crippen LogP contribution in [0.1, 0.15) is 56.6 Å². The zero-order chi connectivity index (χ0) is 13.4. The summed E-state index contributed by atoms with van der Waals surface area (Å²) in [4.78, 5) is 0. The highest BCUT2D eigenvalue weighted by Gasteiger charge is 2.07. The first-order chi connectivity index (χ1) is 8.65. The van der Waals surface area contributed by atoms with Crippen molar-refractivity contribution in [3.8, 4) is 5.75 Å². The van der Waals surface area contributed by atoms with Gasteiger partial charge in [0, 0.05) is 5.33 Å². The molecule has 0 aromatic heterocycles. The summed E-state index contributed by atoms with van der Waals surface area (Å²) in [5.41, 5.74) is 2.59. The van der Waals surface area contributed by atoms with Crippen molar-refractivity contribution >= 4 is 15.9 Å². The molecule has 0 heterocycles. The molecule has 102 valence electrons. The molecule has 0 aliphatic rings. The molecule has 0 aliphatic heterocycles. The summed E-state index contributed by atoms with van der Waals surface area (Å²) in [6.07, 6.45) is 4.97. The molecule has 0 N–H and O–H groups in total. The third kappa shape index (κ3) is 5.43. The fraction of sp³-hybridized carbons (Fsp3) is 0.625. The molecule has 0 fully saturated rings. The van der Waals surface area contributed by atoms with Crippen molar-refractivity contribution in [2.45, 2.75) is 52.4 Å². The molecule has 1 nitrogen and oxygen atoms in total. The normalized spacial score (nSPS) is 10.9. The Morgan fingerprint density at radius 3 is 2.50 bits per heavy atom. The number of benzene rings is 1. The smallest absolute Gasteiger partial charge is 0.122 e. The van der Waals surface area contributed by atoms with Crippen LogP contribution >= 0.6 is 15.9 Å². The number of unbranched alkanes of at least 4 members (excludes halogenated alkanes) is 3. The van der Waals surface area contributed by atoms with E-state index >= 15 is 0 Å². The average Bonchev–Trinajstić information content (AvgIpc) is 2.33. The largest absolute Gasteiger partial charge is 0.493 e. The van der Waals surface area contributed by atoms with Gasteiger partial charge in [-0.25, -0.2) is 0 Å². The van der Waals surface area contributed by atoms with Gasteiger partial charge in [-0.2, -0.15) is 0 Å². The number of hydrogen-bond donors (Lipinski definition) is 0. The van der Waals surface area contributed by atoms with Crippen molar-refractivity contribution in [2.24, 2.45) is 0 Å². The van der Waals surface area contributed by atoms with E-state index in [0.717, 1.165) is 24.1 Å². The average molecular weight is 313 g/mol. The van der Waals surface area contributed by atoms with Crippen molar-refractivity contribution in [3.63, 3.8) is 0 Å². The van der Waals surface area contributed by atoms with Crippen molar-refractivity contribution in [1.82, 2.24) is 0 Å². The molecule has 0 amide bonds.